The van der Waals surface area contributed by atoms with Gasteiger partial charge < -0.3 is 4.74 Å². The minimum atomic E-state index is 0.600. The summed E-state index contributed by atoms with van der Waals surface area (Å²) in [6, 6.07) is 27.8. The van der Waals surface area contributed by atoms with Gasteiger partial charge in [0.15, 0.2) is 0 Å². The standard InChI is InChI=1S/C32H38O/c1-3-4-6-9-25(2)27-12-14-28(15-13-27)29-16-18-30(19-17-29)31-20-22-32(23-21-31)33-24-26-10-7-5-8-11-26/h5,7-8,10-11,14,16-23,25,27H,3-4,6,9,12-13,15,24H2,1-2H3. The monoisotopic (exact) mass is 438 g/mol. The van der Waals surface area contributed by atoms with Gasteiger partial charge in [0.2, 0.25) is 0 Å². The summed E-state index contributed by atoms with van der Waals surface area (Å²) < 4.78 is 5.93. The lowest BCUT2D eigenvalue weighted by Gasteiger charge is -2.27. The number of allylic oxidation sites excluding steroid dienone is 2. The second kappa shape index (κ2) is 11.9. The topological polar surface area (TPSA) is 9.23 Å². The van der Waals surface area contributed by atoms with Gasteiger partial charge in [-0.15, -0.1) is 0 Å². The zero-order valence-corrected chi connectivity index (χ0v) is 20.3. The van der Waals surface area contributed by atoms with E-state index in [9.17, 15) is 0 Å². The molecule has 0 saturated heterocycles. The average Bonchev–Trinajstić information content (AvgIpc) is 2.89. The Labute approximate surface area is 200 Å². The molecule has 3 aromatic rings. The largest absolute Gasteiger partial charge is 0.489 e. The molecule has 1 heteroatoms. The molecule has 1 nitrogen and oxygen atoms in total. The van der Waals surface area contributed by atoms with Crippen molar-refractivity contribution in [3.63, 3.8) is 0 Å². The molecule has 0 aliphatic heterocycles. The van der Waals surface area contributed by atoms with Crippen LogP contribution in [-0.4, -0.2) is 0 Å². The highest BCUT2D eigenvalue weighted by Gasteiger charge is 2.20. The fraction of sp³-hybridized carbons (Fsp3) is 0.375. The van der Waals surface area contributed by atoms with Gasteiger partial charge in [0.05, 0.1) is 0 Å². The summed E-state index contributed by atoms with van der Waals surface area (Å²) in [6.07, 6.45) is 11.8. The van der Waals surface area contributed by atoms with Crippen LogP contribution in [0.15, 0.2) is 84.9 Å². The van der Waals surface area contributed by atoms with E-state index in [1.165, 1.54) is 72.8 Å². The number of hydrogen-bond donors (Lipinski definition) is 0. The zero-order chi connectivity index (χ0) is 22.9. The predicted octanol–water partition coefficient (Wildman–Crippen LogP) is 9.33. The van der Waals surface area contributed by atoms with Crippen molar-refractivity contribution in [2.75, 3.05) is 0 Å². The summed E-state index contributed by atoms with van der Waals surface area (Å²) in [7, 11) is 0. The lowest BCUT2D eigenvalue weighted by molar-refractivity contribution is 0.306. The van der Waals surface area contributed by atoms with Gasteiger partial charge in [-0.3, -0.25) is 0 Å². The van der Waals surface area contributed by atoms with Crippen LogP contribution in [0.5, 0.6) is 5.75 Å². The van der Waals surface area contributed by atoms with Crippen molar-refractivity contribution in [1.82, 2.24) is 0 Å². The Balaban J connectivity index is 1.32. The number of hydrogen-bond acceptors (Lipinski definition) is 1. The first kappa shape index (κ1) is 23.4. The Morgan fingerprint density at radius 1 is 0.818 bits per heavy atom. The van der Waals surface area contributed by atoms with E-state index >= 15 is 0 Å². The quantitative estimate of drug-likeness (QED) is 0.286. The summed E-state index contributed by atoms with van der Waals surface area (Å²) in [5, 5.41) is 0. The van der Waals surface area contributed by atoms with Gasteiger partial charge in [0.25, 0.3) is 0 Å². The Morgan fingerprint density at radius 2 is 1.48 bits per heavy atom. The number of ether oxygens (including phenoxy) is 1. The van der Waals surface area contributed by atoms with E-state index in [1.807, 2.05) is 18.2 Å². The van der Waals surface area contributed by atoms with Crippen molar-refractivity contribution in [3.8, 4) is 16.9 Å². The minimum absolute atomic E-state index is 0.600. The highest BCUT2D eigenvalue weighted by atomic mass is 16.5. The molecule has 0 bridgehead atoms. The van der Waals surface area contributed by atoms with Crippen LogP contribution in [0.25, 0.3) is 16.7 Å². The molecular formula is C32H38O. The van der Waals surface area contributed by atoms with Gasteiger partial charge in [-0.1, -0.05) is 112 Å². The van der Waals surface area contributed by atoms with E-state index < -0.39 is 0 Å². The lowest BCUT2D eigenvalue weighted by Crippen LogP contribution is -2.14. The van der Waals surface area contributed by atoms with Crippen LogP contribution in [0.3, 0.4) is 0 Å². The molecule has 33 heavy (non-hydrogen) atoms. The van der Waals surface area contributed by atoms with E-state index in [-0.39, 0.29) is 0 Å². The Kier molecular flexibility index (Phi) is 8.41. The van der Waals surface area contributed by atoms with Gasteiger partial charge in [0, 0.05) is 0 Å². The van der Waals surface area contributed by atoms with Crippen LogP contribution < -0.4 is 4.74 Å². The molecular weight excluding hydrogens is 400 g/mol. The van der Waals surface area contributed by atoms with Crippen molar-refractivity contribution in [2.45, 2.75) is 65.4 Å². The third-order valence-electron chi connectivity index (χ3n) is 7.21. The minimum Gasteiger partial charge on any atom is -0.489 e. The molecule has 2 unspecified atom stereocenters. The van der Waals surface area contributed by atoms with Crippen molar-refractivity contribution < 1.29 is 4.74 Å². The fourth-order valence-electron chi connectivity index (χ4n) is 4.95. The van der Waals surface area contributed by atoms with E-state index in [4.69, 9.17) is 4.74 Å². The maximum absolute atomic E-state index is 5.93. The Morgan fingerprint density at radius 3 is 2.12 bits per heavy atom. The molecule has 0 amide bonds. The van der Waals surface area contributed by atoms with E-state index in [0.717, 1.165) is 17.6 Å². The third kappa shape index (κ3) is 6.60. The Hall–Kier alpha value is -2.80. The van der Waals surface area contributed by atoms with Crippen LogP contribution in [0, 0.1) is 11.8 Å². The molecule has 0 saturated carbocycles. The van der Waals surface area contributed by atoms with Gasteiger partial charge in [-0.25, -0.2) is 0 Å². The zero-order valence-electron chi connectivity index (χ0n) is 20.3. The van der Waals surface area contributed by atoms with Crippen molar-refractivity contribution >= 4 is 5.57 Å². The molecule has 1 aliphatic carbocycles. The first-order valence-corrected chi connectivity index (χ1v) is 12.8. The summed E-state index contributed by atoms with van der Waals surface area (Å²) in [4.78, 5) is 0. The van der Waals surface area contributed by atoms with Gasteiger partial charge >= 0.3 is 0 Å². The molecule has 0 heterocycles. The summed E-state index contributed by atoms with van der Waals surface area (Å²) in [5.74, 6) is 2.63. The molecule has 172 valence electrons. The van der Waals surface area contributed by atoms with E-state index in [1.54, 1.807) is 0 Å². The van der Waals surface area contributed by atoms with E-state index in [0.29, 0.717) is 6.61 Å². The van der Waals surface area contributed by atoms with Gasteiger partial charge in [0.1, 0.15) is 12.4 Å². The highest BCUT2D eigenvalue weighted by Crippen LogP contribution is 2.36. The molecule has 4 rings (SSSR count). The molecule has 0 radical (unpaired) electrons. The number of unbranched alkanes of at least 4 members (excludes halogenated alkanes) is 2. The second-order valence-corrected chi connectivity index (χ2v) is 9.61. The third-order valence-corrected chi connectivity index (χ3v) is 7.21. The van der Waals surface area contributed by atoms with Crippen molar-refractivity contribution in [2.24, 2.45) is 11.8 Å². The van der Waals surface area contributed by atoms with Gasteiger partial charge in [-0.2, -0.15) is 0 Å². The fourth-order valence-corrected chi connectivity index (χ4v) is 4.95. The maximum atomic E-state index is 5.93. The maximum Gasteiger partial charge on any atom is 0.119 e. The van der Waals surface area contributed by atoms with Crippen LogP contribution in [-0.2, 0) is 6.61 Å². The summed E-state index contributed by atoms with van der Waals surface area (Å²) in [6.45, 7) is 5.36. The van der Waals surface area contributed by atoms with Crippen LogP contribution in [0.2, 0.25) is 0 Å². The molecule has 3 aromatic carbocycles. The molecule has 0 fully saturated rings. The Bertz CT molecular complexity index is 999. The molecule has 0 spiro atoms. The van der Waals surface area contributed by atoms with Crippen LogP contribution >= 0.6 is 0 Å². The van der Waals surface area contributed by atoms with Gasteiger partial charge in [-0.05, 0) is 71.1 Å². The highest BCUT2D eigenvalue weighted by molar-refractivity contribution is 5.71. The summed E-state index contributed by atoms with van der Waals surface area (Å²) in [5.41, 5.74) is 6.59. The summed E-state index contributed by atoms with van der Waals surface area (Å²) >= 11 is 0. The smallest absolute Gasteiger partial charge is 0.119 e. The van der Waals surface area contributed by atoms with Crippen molar-refractivity contribution in [3.05, 3.63) is 96.1 Å². The molecule has 1 aliphatic rings. The molecule has 0 N–H and O–H groups in total. The number of benzene rings is 3. The second-order valence-electron chi connectivity index (χ2n) is 9.61. The predicted molar refractivity (Wildman–Crippen MR) is 141 cm³/mol. The van der Waals surface area contributed by atoms with Crippen LogP contribution in [0.4, 0.5) is 0 Å². The number of rotatable bonds is 10. The first-order chi connectivity index (χ1) is 16.2. The SMILES string of the molecule is CCCCCC(C)C1CC=C(c2ccc(-c3ccc(OCc4ccccc4)cc3)cc2)CC1. The molecule has 2 atom stereocenters. The molecule has 0 aromatic heterocycles. The van der Waals surface area contributed by atoms with E-state index in [2.05, 4.69) is 80.6 Å². The normalized spacial score (nSPS) is 16.8. The van der Waals surface area contributed by atoms with Crippen LogP contribution in [0.1, 0.15) is 69.9 Å². The lowest BCUT2D eigenvalue weighted by atomic mass is 9.78. The first-order valence-electron chi connectivity index (χ1n) is 12.8. The van der Waals surface area contributed by atoms with Crippen molar-refractivity contribution in [1.29, 1.82) is 0 Å². The average molecular weight is 439 g/mol.